The third-order valence-electron chi connectivity index (χ3n) is 7.75. The van der Waals surface area contributed by atoms with E-state index in [9.17, 15) is 9.59 Å². The Labute approximate surface area is 263 Å². The van der Waals surface area contributed by atoms with Gasteiger partial charge in [0, 0.05) is 38.7 Å². The lowest BCUT2D eigenvalue weighted by molar-refractivity contribution is 0.0755. The van der Waals surface area contributed by atoms with Gasteiger partial charge in [0.1, 0.15) is 0 Å². The number of carbonyl (C=O) groups excluding carboxylic acids is 2. The van der Waals surface area contributed by atoms with Gasteiger partial charge < -0.3 is 10.6 Å². The predicted octanol–water partition coefficient (Wildman–Crippen LogP) is 9.13. The monoisotopic (exact) mass is 632 g/mol. The lowest BCUT2D eigenvalue weighted by Gasteiger charge is -2.26. The first kappa shape index (κ1) is 28.6. The second kappa shape index (κ2) is 11.6. The first-order chi connectivity index (χ1) is 20.2. The van der Waals surface area contributed by atoms with Crippen LogP contribution in [0.5, 0.6) is 0 Å². The highest BCUT2D eigenvalue weighted by Gasteiger charge is 2.32. The molecule has 0 bridgehead atoms. The summed E-state index contributed by atoms with van der Waals surface area (Å²) in [5, 5.41) is 3.92. The van der Waals surface area contributed by atoms with E-state index in [-0.39, 0.29) is 11.5 Å². The van der Waals surface area contributed by atoms with E-state index in [0.717, 1.165) is 44.2 Å². The molecule has 5 aromatic carbocycles. The molecule has 6 rings (SSSR count). The molecule has 1 aliphatic rings. The molecule has 1 aliphatic carbocycles. The molecule has 42 heavy (non-hydrogen) atoms. The Kier molecular flexibility index (Phi) is 7.91. The third kappa shape index (κ3) is 5.25. The molecule has 0 spiro atoms. The maximum atomic E-state index is 14.7. The summed E-state index contributed by atoms with van der Waals surface area (Å²) in [5.41, 5.74) is 11.8. The van der Waals surface area contributed by atoms with Crippen LogP contribution in [0.15, 0.2) is 84.9 Å². The normalized spacial score (nSPS) is 11.5. The molecule has 0 atom stereocenters. The van der Waals surface area contributed by atoms with E-state index >= 15 is 0 Å². The van der Waals surface area contributed by atoms with E-state index in [1.165, 1.54) is 0 Å². The van der Waals surface area contributed by atoms with E-state index in [0.29, 0.717) is 51.6 Å². The molecule has 0 radical (unpaired) electrons. The minimum Gasteiger partial charge on any atom is -0.366 e. The van der Waals surface area contributed by atoms with Crippen molar-refractivity contribution >= 4 is 69.0 Å². The molecule has 0 fully saturated rings. The van der Waals surface area contributed by atoms with Gasteiger partial charge in [0.25, 0.3) is 5.91 Å². The van der Waals surface area contributed by atoms with Crippen LogP contribution in [0.25, 0.3) is 33.0 Å². The largest absolute Gasteiger partial charge is 0.366 e. The molecule has 210 valence electrons. The first-order valence-electron chi connectivity index (χ1n) is 13.4. The van der Waals surface area contributed by atoms with Gasteiger partial charge in [-0.1, -0.05) is 101 Å². The van der Waals surface area contributed by atoms with E-state index in [4.69, 9.17) is 52.1 Å². The number of benzene rings is 5. The van der Waals surface area contributed by atoms with Gasteiger partial charge in [-0.3, -0.25) is 9.59 Å². The van der Waals surface area contributed by atoms with Crippen molar-refractivity contribution in [2.24, 2.45) is 5.73 Å². The second-order valence-electron chi connectivity index (χ2n) is 10.3. The van der Waals surface area contributed by atoms with E-state index in [1.807, 2.05) is 54.6 Å². The predicted molar refractivity (Wildman–Crippen MR) is 173 cm³/mol. The summed E-state index contributed by atoms with van der Waals surface area (Å²) < 4.78 is 0. The zero-order valence-electron chi connectivity index (χ0n) is 22.3. The highest BCUT2D eigenvalue weighted by atomic mass is 35.5. The van der Waals surface area contributed by atoms with E-state index in [2.05, 4.69) is 0 Å². The number of primary amides is 1. The smallest absolute Gasteiger partial charge is 0.255 e. The van der Waals surface area contributed by atoms with Crippen molar-refractivity contribution in [3.63, 3.8) is 0 Å². The molecule has 0 aliphatic heterocycles. The number of carbonyl (C=O) groups is 2. The van der Waals surface area contributed by atoms with Crippen LogP contribution in [0.3, 0.4) is 0 Å². The number of nitrogens with two attached hydrogens (primary N) is 1. The standard InChI is InChI=1S/C34H24Cl4N2O2/c35-22-10-8-19(28(37)17-22)12-14-40(15-13-20-9-11-23(36)18-29(20)38)34(42)32-27(33(39)41)16-21-4-3-7-25-24-5-1-2-6-26(24)31(32)30(21)25/h1-11,16-18H,12-15H2,(H2,39,41). The van der Waals surface area contributed by atoms with Crippen LogP contribution in [0.1, 0.15) is 31.8 Å². The molecule has 8 heteroatoms. The summed E-state index contributed by atoms with van der Waals surface area (Å²) >= 11 is 25.2. The fourth-order valence-electron chi connectivity index (χ4n) is 5.74. The molecule has 0 saturated carbocycles. The fourth-order valence-corrected chi connectivity index (χ4v) is 6.74. The molecule has 5 aromatic rings. The van der Waals surface area contributed by atoms with Crippen LogP contribution in [0.4, 0.5) is 0 Å². The average Bonchev–Trinajstić information content (AvgIpc) is 3.30. The van der Waals surface area contributed by atoms with Gasteiger partial charge in [0.2, 0.25) is 5.91 Å². The van der Waals surface area contributed by atoms with Crippen LogP contribution in [-0.2, 0) is 12.8 Å². The minimum atomic E-state index is -0.660. The Morgan fingerprint density at radius 2 is 1.24 bits per heavy atom. The van der Waals surface area contributed by atoms with Gasteiger partial charge in [0.15, 0.2) is 0 Å². The van der Waals surface area contributed by atoms with Crippen molar-refractivity contribution < 1.29 is 9.59 Å². The lowest BCUT2D eigenvalue weighted by Crippen LogP contribution is -2.36. The first-order valence-corrected chi connectivity index (χ1v) is 14.9. The quantitative estimate of drug-likeness (QED) is 0.182. The Morgan fingerprint density at radius 1 is 0.667 bits per heavy atom. The van der Waals surface area contributed by atoms with Crippen molar-refractivity contribution in [1.82, 2.24) is 4.90 Å². The van der Waals surface area contributed by atoms with Gasteiger partial charge in [-0.2, -0.15) is 0 Å². The number of hydrogen-bond acceptors (Lipinski definition) is 2. The topological polar surface area (TPSA) is 63.4 Å². The van der Waals surface area contributed by atoms with Crippen molar-refractivity contribution in [2.45, 2.75) is 12.8 Å². The zero-order chi connectivity index (χ0) is 29.5. The maximum Gasteiger partial charge on any atom is 0.255 e. The maximum absolute atomic E-state index is 14.7. The fraction of sp³-hybridized carbons (Fsp3) is 0.118. The van der Waals surface area contributed by atoms with Crippen molar-refractivity contribution in [1.29, 1.82) is 0 Å². The number of amides is 2. The summed E-state index contributed by atoms with van der Waals surface area (Å²) in [5.74, 6) is -0.949. The van der Waals surface area contributed by atoms with Crippen LogP contribution in [-0.4, -0.2) is 29.8 Å². The number of halogens is 4. The minimum absolute atomic E-state index is 0.190. The second-order valence-corrected chi connectivity index (χ2v) is 11.9. The summed E-state index contributed by atoms with van der Waals surface area (Å²) in [6.45, 7) is 0.675. The van der Waals surface area contributed by atoms with Gasteiger partial charge in [-0.15, -0.1) is 0 Å². The SMILES string of the molecule is NC(=O)c1cc2cccc3c2c(c1C(=O)N(CCc1ccc(Cl)cc1Cl)CCc1ccc(Cl)cc1Cl)-c1ccccc1-3. The Bertz CT molecular complexity index is 1850. The molecule has 2 amide bonds. The molecular weight excluding hydrogens is 610 g/mol. The van der Waals surface area contributed by atoms with Crippen molar-refractivity contribution in [3.8, 4) is 22.3 Å². The average molecular weight is 634 g/mol. The third-order valence-corrected chi connectivity index (χ3v) is 8.93. The molecule has 0 aromatic heterocycles. The Morgan fingerprint density at radius 3 is 1.81 bits per heavy atom. The molecule has 0 saturated heterocycles. The van der Waals surface area contributed by atoms with Gasteiger partial charge in [0.05, 0.1) is 11.1 Å². The summed E-state index contributed by atoms with van der Waals surface area (Å²) in [4.78, 5) is 29.3. The van der Waals surface area contributed by atoms with Crippen molar-refractivity contribution in [3.05, 3.63) is 127 Å². The van der Waals surface area contributed by atoms with Gasteiger partial charge >= 0.3 is 0 Å². The highest BCUT2D eigenvalue weighted by molar-refractivity contribution is 6.35. The molecular formula is C34H24Cl4N2O2. The molecule has 4 nitrogen and oxygen atoms in total. The van der Waals surface area contributed by atoms with Crippen LogP contribution in [0.2, 0.25) is 20.1 Å². The lowest BCUT2D eigenvalue weighted by atomic mass is 9.91. The Balaban J connectivity index is 1.46. The van der Waals surface area contributed by atoms with Gasteiger partial charge in [-0.25, -0.2) is 0 Å². The number of rotatable bonds is 8. The summed E-state index contributed by atoms with van der Waals surface area (Å²) in [6, 6.07) is 26.2. The zero-order valence-corrected chi connectivity index (χ0v) is 25.3. The molecule has 0 unspecified atom stereocenters. The summed E-state index contributed by atoms with van der Waals surface area (Å²) in [6.07, 6.45) is 0.958. The Hall–Kier alpha value is -3.54. The molecule has 0 heterocycles. The van der Waals surface area contributed by atoms with E-state index in [1.54, 1.807) is 35.2 Å². The number of nitrogens with zero attached hydrogens (tertiary/aromatic N) is 1. The highest BCUT2D eigenvalue weighted by Crippen LogP contribution is 2.49. The van der Waals surface area contributed by atoms with Crippen LogP contribution in [0, 0.1) is 0 Å². The van der Waals surface area contributed by atoms with Gasteiger partial charge in [-0.05, 0) is 81.8 Å². The van der Waals surface area contributed by atoms with Crippen LogP contribution >= 0.6 is 46.4 Å². The number of hydrogen-bond donors (Lipinski definition) is 1. The number of fused-ring (bicyclic) bond motifs is 3. The summed E-state index contributed by atoms with van der Waals surface area (Å²) in [7, 11) is 0. The van der Waals surface area contributed by atoms with E-state index < -0.39 is 5.91 Å². The molecule has 2 N–H and O–H groups in total. The van der Waals surface area contributed by atoms with Crippen molar-refractivity contribution in [2.75, 3.05) is 13.1 Å². The van der Waals surface area contributed by atoms with Crippen LogP contribution < -0.4 is 5.73 Å².